The molecule has 0 radical (unpaired) electrons. The van der Waals surface area contributed by atoms with E-state index in [0.717, 1.165) is 24.0 Å². The van der Waals surface area contributed by atoms with Gasteiger partial charge in [-0.25, -0.2) is 9.97 Å². The Bertz CT molecular complexity index is 436. The summed E-state index contributed by atoms with van der Waals surface area (Å²) >= 11 is 0. The fraction of sp³-hybridized carbons (Fsp3) is 0.733. The van der Waals surface area contributed by atoms with Crippen molar-refractivity contribution >= 4 is 11.6 Å². The number of nitrogens with zero attached hydrogens (tertiary/aromatic N) is 3. The summed E-state index contributed by atoms with van der Waals surface area (Å²) in [6, 6.07) is 2.64. The lowest BCUT2D eigenvalue weighted by Gasteiger charge is -2.35. The van der Waals surface area contributed by atoms with E-state index in [9.17, 15) is 0 Å². The first-order valence-corrected chi connectivity index (χ1v) is 7.26. The monoisotopic (exact) mass is 262 g/mol. The van der Waals surface area contributed by atoms with Crippen LogP contribution in [0.5, 0.6) is 0 Å². The fourth-order valence-corrected chi connectivity index (χ4v) is 2.48. The molecule has 4 heteroatoms. The molecule has 1 fully saturated rings. The largest absolute Gasteiger partial charge is 0.373 e. The lowest BCUT2D eigenvalue weighted by molar-refractivity contribution is 0.476. The van der Waals surface area contributed by atoms with Gasteiger partial charge in [-0.2, -0.15) is 0 Å². The van der Waals surface area contributed by atoms with Crippen LogP contribution in [-0.4, -0.2) is 29.6 Å². The van der Waals surface area contributed by atoms with E-state index in [1.54, 1.807) is 0 Å². The maximum atomic E-state index is 4.80. The SMILES string of the molecule is CNc1cc(N2CCCCC2C)nc(C(C)(C)C)n1. The Morgan fingerprint density at radius 1 is 1.26 bits per heavy atom. The number of hydrogen-bond donors (Lipinski definition) is 1. The summed E-state index contributed by atoms with van der Waals surface area (Å²) in [5, 5.41) is 3.16. The van der Waals surface area contributed by atoms with Crippen molar-refractivity contribution in [1.82, 2.24) is 9.97 Å². The van der Waals surface area contributed by atoms with Gasteiger partial charge in [0, 0.05) is 31.1 Å². The Labute approximate surface area is 116 Å². The Hall–Kier alpha value is -1.32. The third-order valence-electron chi connectivity index (χ3n) is 3.74. The van der Waals surface area contributed by atoms with Crippen molar-refractivity contribution < 1.29 is 0 Å². The summed E-state index contributed by atoms with van der Waals surface area (Å²) in [6.45, 7) is 9.86. The van der Waals surface area contributed by atoms with Gasteiger partial charge in [-0.1, -0.05) is 20.8 Å². The van der Waals surface area contributed by atoms with Crippen LogP contribution in [0.25, 0.3) is 0 Å². The van der Waals surface area contributed by atoms with Crippen LogP contribution in [0, 0.1) is 0 Å². The van der Waals surface area contributed by atoms with E-state index in [0.29, 0.717) is 6.04 Å². The van der Waals surface area contributed by atoms with Crippen LogP contribution in [0.4, 0.5) is 11.6 Å². The van der Waals surface area contributed by atoms with Crippen LogP contribution < -0.4 is 10.2 Å². The predicted molar refractivity (Wildman–Crippen MR) is 80.9 cm³/mol. The Morgan fingerprint density at radius 3 is 2.58 bits per heavy atom. The summed E-state index contributed by atoms with van der Waals surface area (Å²) in [6.07, 6.45) is 3.84. The summed E-state index contributed by atoms with van der Waals surface area (Å²) in [5.41, 5.74) is -0.0271. The van der Waals surface area contributed by atoms with E-state index in [-0.39, 0.29) is 5.41 Å². The lowest BCUT2D eigenvalue weighted by atomic mass is 9.95. The molecule has 1 aromatic heterocycles. The second kappa shape index (κ2) is 5.35. The molecule has 0 aliphatic carbocycles. The van der Waals surface area contributed by atoms with Gasteiger partial charge in [0.15, 0.2) is 0 Å². The minimum absolute atomic E-state index is 0.0271. The van der Waals surface area contributed by atoms with Gasteiger partial charge in [-0.3, -0.25) is 0 Å². The molecule has 0 spiro atoms. The second-order valence-corrected chi connectivity index (χ2v) is 6.47. The van der Waals surface area contributed by atoms with Crippen LogP contribution in [0.3, 0.4) is 0 Å². The van der Waals surface area contributed by atoms with Gasteiger partial charge in [-0.15, -0.1) is 0 Å². The second-order valence-electron chi connectivity index (χ2n) is 6.47. The highest BCUT2D eigenvalue weighted by atomic mass is 15.2. The molecule has 4 nitrogen and oxygen atoms in total. The number of anilines is 2. The van der Waals surface area contributed by atoms with Crippen LogP contribution in [0.15, 0.2) is 6.07 Å². The zero-order valence-electron chi connectivity index (χ0n) is 12.8. The average molecular weight is 262 g/mol. The lowest BCUT2D eigenvalue weighted by Crippen LogP contribution is -2.38. The van der Waals surface area contributed by atoms with E-state index >= 15 is 0 Å². The van der Waals surface area contributed by atoms with Crippen molar-refractivity contribution in [2.45, 2.75) is 58.4 Å². The summed E-state index contributed by atoms with van der Waals surface area (Å²) in [4.78, 5) is 11.8. The molecular weight excluding hydrogens is 236 g/mol. The molecular formula is C15H26N4. The number of piperidine rings is 1. The third-order valence-corrected chi connectivity index (χ3v) is 3.74. The average Bonchev–Trinajstić information content (AvgIpc) is 2.37. The fourth-order valence-electron chi connectivity index (χ4n) is 2.48. The van der Waals surface area contributed by atoms with Gasteiger partial charge >= 0.3 is 0 Å². The highest BCUT2D eigenvalue weighted by Gasteiger charge is 2.24. The van der Waals surface area contributed by atoms with Gasteiger partial charge in [0.2, 0.25) is 0 Å². The van der Waals surface area contributed by atoms with E-state index in [1.807, 2.05) is 7.05 Å². The first kappa shape index (κ1) is 14.1. The molecule has 0 amide bonds. The maximum absolute atomic E-state index is 4.80. The molecule has 0 saturated carbocycles. The van der Waals surface area contributed by atoms with Gasteiger partial charge < -0.3 is 10.2 Å². The molecule has 0 bridgehead atoms. The van der Waals surface area contributed by atoms with Crippen molar-refractivity contribution in [1.29, 1.82) is 0 Å². The van der Waals surface area contributed by atoms with Crippen LogP contribution in [-0.2, 0) is 5.41 Å². The van der Waals surface area contributed by atoms with Crippen LogP contribution in [0.1, 0.15) is 52.8 Å². The summed E-state index contributed by atoms with van der Waals surface area (Å²) < 4.78 is 0. The number of rotatable bonds is 2. The molecule has 2 rings (SSSR count). The molecule has 1 N–H and O–H groups in total. The molecule has 1 atom stereocenters. The van der Waals surface area contributed by atoms with E-state index < -0.39 is 0 Å². The first-order chi connectivity index (χ1) is 8.91. The topological polar surface area (TPSA) is 41.0 Å². The molecule has 19 heavy (non-hydrogen) atoms. The number of nitrogens with one attached hydrogen (secondary N) is 1. The Morgan fingerprint density at radius 2 is 2.00 bits per heavy atom. The smallest absolute Gasteiger partial charge is 0.138 e. The van der Waals surface area contributed by atoms with Crippen molar-refractivity contribution in [2.24, 2.45) is 0 Å². The number of aromatic nitrogens is 2. The Balaban J connectivity index is 2.39. The van der Waals surface area contributed by atoms with Gasteiger partial charge in [0.1, 0.15) is 17.5 Å². The maximum Gasteiger partial charge on any atom is 0.138 e. The third kappa shape index (κ3) is 3.17. The summed E-state index contributed by atoms with van der Waals surface area (Å²) in [5.74, 6) is 2.89. The zero-order valence-corrected chi connectivity index (χ0v) is 12.8. The molecule has 1 aliphatic rings. The van der Waals surface area contributed by atoms with Crippen molar-refractivity contribution in [3.05, 3.63) is 11.9 Å². The molecule has 106 valence electrons. The van der Waals surface area contributed by atoms with E-state index in [1.165, 1.54) is 19.3 Å². The highest BCUT2D eigenvalue weighted by Crippen LogP contribution is 2.27. The van der Waals surface area contributed by atoms with E-state index in [4.69, 9.17) is 4.98 Å². The minimum Gasteiger partial charge on any atom is -0.373 e. The zero-order chi connectivity index (χ0) is 14.0. The van der Waals surface area contributed by atoms with E-state index in [2.05, 4.69) is 49.0 Å². The molecule has 1 unspecified atom stereocenters. The van der Waals surface area contributed by atoms with Gasteiger partial charge in [0.05, 0.1) is 0 Å². The summed E-state index contributed by atoms with van der Waals surface area (Å²) in [7, 11) is 1.91. The van der Waals surface area contributed by atoms with Gasteiger partial charge in [0.25, 0.3) is 0 Å². The molecule has 1 aromatic rings. The number of hydrogen-bond acceptors (Lipinski definition) is 4. The standard InChI is InChI=1S/C15H26N4/c1-11-8-6-7-9-19(11)13-10-12(16-5)17-14(18-13)15(2,3)4/h10-11H,6-9H2,1-5H3,(H,16,17,18). The predicted octanol–water partition coefficient (Wildman–Crippen LogP) is 3.19. The van der Waals surface area contributed by atoms with Crippen LogP contribution >= 0.6 is 0 Å². The van der Waals surface area contributed by atoms with Crippen molar-refractivity contribution in [3.63, 3.8) is 0 Å². The first-order valence-electron chi connectivity index (χ1n) is 7.26. The van der Waals surface area contributed by atoms with Crippen molar-refractivity contribution in [2.75, 3.05) is 23.8 Å². The normalized spacial score (nSPS) is 20.5. The van der Waals surface area contributed by atoms with Crippen LogP contribution in [0.2, 0.25) is 0 Å². The minimum atomic E-state index is -0.0271. The molecule has 1 aliphatic heterocycles. The quantitative estimate of drug-likeness (QED) is 0.888. The van der Waals surface area contributed by atoms with Gasteiger partial charge in [-0.05, 0) is 26.2 Å². The molecule has 0 aromatic carbocycles. The molecule has 2 heterocycles. The highest BCUT2D eigenvalue weighted by molar-refractivity contribution is 5.50. The Kier molecular flexibility index (Phi) is 3.97. The van der Waals surface area contributed by atoms with Crippen molar-refractivity contribution in [3.8, 4) is 0 Å². The molecule has 1 saturated heterocycles.